The largest absolute Gasteiger partial charge is 0.497 e. The average molecular weight is 367 g/mol. The van der Waals surface area contributed by atoms with Gasteiger partial charge in [0.2, 0.25) is 0 Å². The predicted molar refractivity (Wildman–Crippen MR) is 104 cm³/mol. The number of ether oxygens (including phenoxy) is 1. The molecule has 3 heterocycles. The van der Waals surface area contributed by atoms with Crippen molar-refractivity contribution in [3.8, 4) is 5.75 Å². The van der Waals surface area contributed by atoms with Crippen LogP contribution < -0.4 is 10.3 Å². The van der Waals surface area contributed by atoms with Crippen LogP contribution in [0.5, 0.6) is 5.75 Å². The summed E-state index contributed by atoms with van der Waals surface area (Å²) >= 11 is 0. The van der Waals surface area contributed by atoms with Crippen LogP contribution >= 0.6 is 0 Å². The topological polar surface area (TPSA) is 71.4 Å². The third kappa shape index (κ3) is 3.49. The monoisotopic (exact) mass is 367 g/mol. The summed E-state index contributed by atoms with van der Waals surface area (Å²) < 4.78 is 10.8. The van der Waals surface area contributed by atoms with Crippen molar-refractivity contribution in [3.63, 3.8) is 0 Å². The lowest BCUT2D eigenvalue weighted by molar-refractivity contribution is 0.235. The molecule has 1 aliphatic heterocycles. The Morgan fingerprint density at radius 2 is 2.19 bits per heavy atom. The predicted octanol–water partition coefficient (Wildman–Crippen LogP) is 3.99. The Bertz CT molecular complexity index is 1010. The minimum Gasteiger partial charge on any atom is -0.497 e. The highest BCUT2D eigenvalue weighted by molar-refractivity contribution is 5.80. The molecule has 1 N–H and O–H groups in total. The van der Waals surface area contributed by atoms with Crippen molar-refractivity contribution in [1.29, 1.82) is 0 Å². The minimum absolute atomic E-state index is 0.0404. The molecule has 0 unspecified atom stereocenters. The molecule has 2 aromatic heterocycles. The number of benzene rings is 1. The smallest absolute Gasteiger partial charge is 0.252 e. The number of hydrogen-bond acceptors (Lipinski definition) is 5. The molecule has 0 amide bonds. The quantitative estimate of drug-likeness (QED) is 0.738. The maximum Gasteiger partial charge on any atom is 0.252 e. The molecule has 1 aliphatic rings. The first-order valence-corrected chi connectivity index (χ1v) is 9.45. The van der Waals surface area contributed by atoms with Crippen LogP contribution in [-0.2, 0) is 6.54 Å². The van der Waals surface area contributed by atoms with E-state index in [2.05, 4.69) is 35.0 Å². The van der Waals surface area contributed by atoms with E-state index < -0.39 is 0 Å². The number of methoxy groups -OCH3 is 1. The van der Waals surface area contributed by atoms with Crippen molar-refractivity contribution in [2.75, 3.05) is 13.7 Å². The van der Waals surface area contributed by atoms with Crippen LogP contribution in [0.1, 0.15) is 55.7 Å². The number of aromatic nitrogens is 2. The number of H-pyrrole nitrogens is 1. The molecule has 1 atom stereocenters. The van der Waals surface area contributed by atoms with E-state index in [0.717, 1.165) is 53.1 Å². The lowest BCUT2D eigenvalue weighted by Gasteiger charge is -2.22. The van der Waals surface area contributed by atoms with Crippen molar-refractivity contribution >= 4 is 10.9 Å². The lowest BCUT2D eigenvalue weighted by Crippen LogP contribution is -2.27. The fraction of sp³-hybridized carbons (Fsp3) is 0.429. The van der Waals surface area contributed by atoms with Crippen molar-refractivity contribution in [3.05, 3.63) is 57.7 Å². The zero-order chi connectivity index (χ0) is 19.0. The number of likely N-dealkylation sites (tertiary alicyclic amines) is 1. The first kappa shape index (κ1) is 17.8. The molecule has 0 aliphatic carbocycles. The van der Waals surface area contributed by atoms with Crippen molar-refractivity contribution < 1.29 is 9.26 Å². The fourth-order valence-electron chi connectivity index (χ4n) is 3.78. The van der Waals surface area contributed by atoms with E-state index >= 15 is 0 Å². The summed E-state index contributed by atoms with van der Waals surface area (Å²) in [5.74, 6) is 2.01. The lowest BCUT2D eigenvalue weighted by atomic mass is 10.1. The molecule has 6 heteroatoms. The molecule has 6 nitrogen and oxygen atoms in total. The van der Waals surface area contributed by atoms with Gasteiger partial charge < -0.3 is 14.2 Å². The van der Waals surface area contributed by atoms with Gasteiger partial charge in [-0.2, -0.15) is 0 Å². The first-order valence-electron chi connectivity index (χ1n) is 9.45. The maximum absolute atomic E-state index is 12.6. The second-order valence-electron chi connectivity index (χ2n) is 7.51. The summed E-state index contributed by atoms with van der Waals surface area (Å²) in [4.78, 5) is 17.9. The molecular weight excluding hydrogens is 342 g/mol. The van der Waals surface area contributed by atoms with E-state index in [1.807, 2.05) is 24.3 Å². The van der Waals surface area contributed by atoms with Crippen LogP contribution in [0.25, 0.3) is 10.9 Å². The van der Waals surface area contributed by atoms with Gasteiger partial charge >= 0.3 is 0 Å². The van der Waals surface area contributed by atoms with Crippen molar-refractivity contribution in [2.45, 2.75) is 45.2 Å². The van der Waals surface area contributed by atoms with E-state index in [0.29, 0.717) is 12.5 Å². The van der Waals surface area contributed by atoms with E-state index in [4.69, 9.17) is 9.26 Å². The van der Waals surface area contributed by atoms with E-state index in [1.165, 1.54) is 0 Å². The van der Waals surface area contributed by atoms with Gasteiger partial charge in [0.25, 0.3) is 5.56 Å². The summed E-state index contributed by atoms with van der Waals surface area (Å²) in [6.45, 7) is 5.74. The van der Waals surface area contributed by atoms with Crippen LogP contribution in [0.2, 0.25) is 0 Å². The van der Waals surface area contributed by atoms with Gasteiger partial charge in [0.15, 0.2) is 0 Å². The first-order chi connectivity index (χ1) is 13.0. The molecule has 4 rings (SSSR count). The number of nitrogens with zero attached hydrogens (tertiary/aromatic N) is 2. The summed E-state index contributed by atoms with van der Waals surface area (Å²) in [5.41, 5.74) is 2.51. The highest BCUT2D eigenvalue weighted by Gasteiger charge is 2.29. The maximum atomic E-state index is 12.6. The molecule has 1 fully saturated rings. The summed E-state index contributed by atoms with van der Waals surface area (Å²) in [6, 6.07) is 9.90. The fourth-order valence-corrected chi connectivity index (χ4v) is 3.78. The second kappa shape index (κ2) is 7.19. The molecule has 0 radical (unpaired) electrons. The summed E-state index contributed by atoms with van der Waals surface area (Å²) in [5, 5.41) is 5.26. The Labute approximate surface area is 158 Å². The molecule has 0 spiro atoms. The molecule has 27 heavy (non-hydrogen) atoms. The Morgan fingerprint density at radius 1 is 1.33 bits per heavy atom. The Hall–Kier alpha value is -2.60. The van der Waals surface area contributed by atoms with Crippen LogP contribution in [0.3, 0.4) is 0 Å². The normalized spacial score (nSPS) is 17.9. The molecule has 3 aromatic rings. The summed E-state index contributed by atoms with van der Waals surface area (Å²) in [6.07, 6.45) is 2.12. The number of rotatable bonds is 5. The third-order valence-corrected chi connectivity index (χ3v) is 5.32. The zero-order valence-corrected chi connectivity index (χ0v) is 16.0. The Balaban J connectivity index is 1.61. The Morgan fingerprint density at radius 3 is 2.93 bits per heavy atom. The van der Waals surface area contributed by atoms with Crippen LogP contribution in [0, 0.1) is 0 Å². The third-order valence-electron chi connectivity index (χ3n) is 5.32. The van der Waals surface area contributed by atoms with Gasteiger partial charge in [0.1, 0.15) is 17.2 Å². The van der Waals surface area contributed by atoms with Gasteiger partial charge in [-0.15, -0.1) is 0 Å². The van der Waals surface area contributed by atoms with Gasteiger partial charge in [-0.25, -0.2) is 0 Å². The Kier molecular flexibility index (Phi) is 4.74. The van der Waals surface area contributed by atoms with Gasteiger partial charge in [-0.1, -0.05) is 19.0 Å². The molecule has 0 bridgehead atoms. The minimum atomic E-state index is -0.0404. The van der Waals surface area contributed by atoms with Crippen LogP contribution in [-0.4, -0.2) is 28.7 Å². The van der Waals surface area contributed by atoms with Crippen molar-refractivity contribution in [2.24, 2.45) is 0 Å². The molecule has 142 valence electrons. The molecule has 1 saturated heterocycles. The second-order valence-corrected chi connectivity index (χ2v) is 7.51. The molecular formula is C21H25N3O3. The SMILES string of the molecule is COc1ccc2[nH]c(=O)c(CN3CCC[C@H]3c3cc(C(C)C)on3)cc2c1. The number of fused-ring (bicyclic) bond motifs is 1. The zero-order valence-electron chi connectivity index (χ0n) is 16.0. The molecule has 1 aromatic carbocycles. The standard InChI is InChI=1S/C21H25N3O3/c1-13(2)20-11-18(23-27-20)19-5-4-8-24(19)12-15-9-14-10-16(26-3)6-7-17(14)22-21(15)25/h6-7,9-11,13,19H,4-5,8,12H2,1-3H3,(H,22,25)/t19-/m0/s1. The van der Waals surface area contributed by atoms with E-state index in [-0.39, 0.29) is 11.6 Å². The van der Waals surface area contributed by atoms with Crippen LogP contribution in [0.15, 0.2) is 39.6 Å². The number of hydrogen-bond donors (Lipinski definition) is 1. The average Bonchev–Trinajstić information content (AvgIpc) is 3.31. The van der Waals surface area contributed by atoms with E-state index in [1.54, 1.807) is 7.11 Å². The van der Waals surface area contributed by atoms with Gasteiger partial charge in [-0.3, -0.25) is 9.69 Å². The summed E-state index contributed by atoms with van der Waals surface area (Å²) in [7, 11) is 1.64. The highest BCUT2D eigenvalue weighted by atomic mass is 16.5. The van der Waals surface area contributed by atoms with Gasteiger partial charge in [-0.05, 0) is 43.7 Å². The molecule has 0 saturated carbocycles. The van der Waals surface area contributed by atoms with Gasteiger partial charge in [0.05, 0.1) is 13.2 Å². The van der Waals surface area contributed by atoms with E-state index in [9.17, 15) is 4.79 Å². The van der Waals surface area contributed by atoms with Crippen LogP contribution in [0.4, 0.5) is 0 Å². The highest BCUT2D eigenvalue weighted by Crippen LogP contribution is 2.33. The van der Waals surface area contributed by atoms with Crippen molar-refractivity contribution in [1.82, 2.24) is 15.0 Å². The number of pyridine rings is 1. The number of nitrogens with one attached hydrogen (secondary N) is 1. The number of aromatic amines is 1. The van der Waals surface area contributed by atoms with Gasteiger partial charge in [0, 0.05) is 35.0 Å².